The Bertz CT molecular complexity index is 3050. The topological polar surface area (TPSA) is 314 Å². The van der Waals surface area contributed by atoms with Crippen LogP contribution >= 0.6 is 23.2 Å². The minimum absolute atomic E-state index is 0.223. The molecule has 0 aliphatic rings. The zero-order valence-electron chi connectivity index (χ0n) is 43.6. The highest BCUT2D eigenvalue weighted by Crippen LogP contribution is 2.33. The second-order valence-corrected chi connectivity index (χ2v) is 18.3. The van der Waals surface area contributed by atoms with Crippen molar-refractivity contribution < 1.29 is 4.74 Å². The third kappa shape index (κ3) is 16.5. The second kappa shape index (κ2) is 28.4. The number of nitrogens with one attached hydrogen (secondary N) is 1. The first-order valence-corrected chi connectivity index (χ1v) is 25.6. The minimum atomic E-state index is -0.419. The number of halogens is 2. The summed E-state index contributed by atoms with van der Waals surface area (Å²) in [6.07, 6.45) is 9.66. The number of rotatable bonds is 15. The SMILES string of the molecule is CCCCc1nc(N)nc(N)c1-c1ccc(C)cc1.CCCCc1nc(N)nc(N)c1-c1ccc(Cl)cc1.CCCCc1nc(N)nc(N)c1-c1ccc(OC)cc1.CCc1[nH]c(=O)nc(N)c1-c1ccc(Cl)cc1. The Morgan fingerprint density at radius 2 is 0.773 bits per heavy atom. The molecule has 0 spiro atoms. The molecule has 8 aromatic rings. The van der Waals surface area contributed by atoms with E-state index in [0.717, 1.165) is 131 Å². The Hall–Kier alpha value is -8.02. The number of hydrogen-bond acceptors (Lipinski definition) is 16. The summed E-state index contributed by atoms with van der Waals surface area (Å²) >= 11 is 11.7. The Kier molecular flexibility index (Phi) is 21.9. The predicted octanol–water partition coefficient (Wildman–Crippen LogP) is 11.2. The Balaban J connectivity index is 0.000000185. The number of aryl methyl sites for hydroxylation is 5. The summed E-state index contributed by atoms with van der Waals surface area (Å²) in [5, 5.41) is 1.34. The van der Waals surface area contributed by atoms with E-state index in [9.17, 15) is 4.79 Å². The molecule has 17 nitrogen and oxygen atoms in total. The van der Waals surface area contributed by atoms with E-state index in [1.807, 2.05) is 67.6 Å². The second-order valence-electron chi connectivity index (χ2n) is 17.4. The van der Waals surface area contributed by atoms with Crippen molar-refractivity contribution in [3.05, 3.63) is 146 Å². The van der Waals surface area contributed by atoms with Crippen molar-refractivity contribution in [2.45, 2.75) is 98.8 Å². The number of nitrogens with two attached hydrogens (primary N) is 7. The molecular weight excluding hydrogens is 986 g/mol. The van der Waals surface area contributed by atoms with Gasteiger partial charge in [0.25, 0.3) is 0 Å². The van der Waals surface area contributed by atoms with Crippen LogP contribution in [0.2, 0.25) is 10.0 Å². The molecule has 4 aromatic carbocycles. The maximum atomic E-state index is 11.2. The lowest BCUT2D eigenvalue weighted by Crippen LogP contribution is -2.16. The largest absolute Gasteiger partial charge is 0.497 e. The van der Waals surface area contributed by atoms with E-state index in [4.69, 9.17) is 68.1 Å². The van der Waals surface area contributed by atoms with E-state index in [1.165, 1.54) is 5.56 Å². The van der Waals surface area contributed by atoms with E-state index in [-0.39, 0.29) is 23.7 Å². The first-order chi connectivity index (χ1) is 36.0. The molecule has 0 radical (unpaired) electrons. The van der Waals surface area contributed by atoms with Crippen LogP contribution < -0.4 is 50.6 Å². The van der Waals surface area contributed by atoms with Gasteiger partial charge in [-0.15, -0.1) is 0 Å². The van der Waals surface area contributed by atoms with E-state index in [0.29, 0.717) is 33.9 Å². The number of aromatic amines is 1. The van der Waals surface area contributed by atoms with Gasteiger partial charge >= 0.3 is 5.69 Å². The fourth-order valence-corrected chi connectivity index (χ4v) is 8.25. The van der Waals surface area contributed by atoms with Crippen molar-refractivity contribution in [2.24, 2.45) is 0 Å². The highest BCUT2D eigenvalue weighted by Gasteiger charge is 2.17. The standard InChI is InChI=1S/C15H20N4O.C15H20N4.C14H17ClN4.C12H12ClN3O/c1-3-4-5-12-13(14(16)19-15(17)18-12)10-6-8-11(20-2)9-7-10;1-3-4-5-12-13(14(16)19-15(17)18-12)11-8-6-10(2)7-9-11;1-2-3-4-11-12(13(16)19-14(17)18-11)9-5-7-10(15)8-6-9;1-2-9-10(11(14)16-12(17)15-9)7-3-5-8(13)6-4-7/h6-9H,3-5H2,1-2H3,(H4,16,17,18,19);6-9H,3-5H2,1-2H3,(H4,16,17,18,19);5-8H,2-4H2,1H3,(H4,16,17,18,19);3-6H,2H2,1H3,(H3,14,15,16,17). The van der Waals surface area contributed by atoms with Crippen LogP contribution in [0.5, 0.6) is 5.75 Å². The van der Waals surface area contributed by atoms with Crippen molar-refractivity contribution >= 4 is 64.3 Å². The summed E-state index contributed by atoms with van der Waals surface area (Å²) in [7, 11) is 1.64. The van der Waals surface area contributed by atoms with E-state index >= 15 is 0 Å². The van der Waals surface area contributed by atoms with Gasteiger partial charge in [0.05, 0.1) is 24.2 Å². The van der Waals surface area contributed by atoms with Crippen molar-refractivity contribution in [1.29, 1.82) is 0 Å². The van der Waals surface area contributed by atoms with E-state index in [1.54, 1.807) is 19.2 Å². The number of H-pyrrole nitrogens is 1. The third-order valence-electron chi connectivity index (χ3n) is 11.8. The Labute approximate surface area is 449 Å². The Morgan fingerprint density at radius 1 is 0.453 bits per heavy atom. The Morgan fingerprint density at radius 3 is 1.11 bits per heavy atom. The van der Waals surface area contributed by atoms with E-state index in [2.05, 4.69) is 91.8 Å². The van der Waals surface area contributed by atoms with Gasteiger partial charge in [-0.05, 0) is 111 Å². The molecule has 8 rings (SSSR count). The number of aromatic nitrogens is 8. The van der Waals surface area contributed by atoms with Gasteiger partial charge in [0.15, 0.2) is 0 Å². The zero-order valence-corrected chi connectivity index (χ0v) is 45.1. The van der Waals surface area contributed by atoms with Gasteiger partial charge in [-0.1, -0.05) is 136 Å². The summed E-state index contributed by atoms with van der Waals surface area (Å²) in [5.41, 5.74) is 52.6. The molecule has 0 amide bonds. The predicted molar refractivity (Wildman–Crippen MR) is 310 cm³/mol. The number of nitrogens with zero attached hydrogens (tertiary/aromatic N) is 7. The number of unbranched alkanes of at least 4 members (excludes halogenated alkanes) is 3. The van der Waals surface area contributed by atoms with Gasteiger partial charge in [0, 0.05) is 38.0 Å². The summed E-state index contributed by atoms with van der Waals surface area (Å²) in [6, 6.07) is 30.7. The average Bonchev–Trinajstić information content (AvgIpc) is 3.38. The molecule has 0 saturated carbocycles. The van der Waals surface area contributed by atoms with Gasteiger partial charge in [-0.2, -0.15) is 19.9 Å². The van der Waals surface area contributed by atoms with Crippen LogP contribution in [0.1, 0.15) is 94.6 Å². The number of anilines is 7. The summed E-state index contributed by atoms with van der Waals surface area (Å²) in [6.45, 7) is 10.4. The molecule has 4 aromatic heterocycles. The van der Waals surface area contributed by atoms with Crippen LogP contribution in [0.25, 0.3) is 44.5 Å². The summed E-state index contributed by atoms with van der Waals surface area (Å²) in [5.74, 6) is 3.05. The van der Waals surface area contributed by atoms with Crippen LogP contribution in [0, 0.1) is 6.92 Å². The normalized spacial score (nSPS) is 10.6. The van der Waals surface area contributed by atoms with Crippen molar-refractivity contribution in [3.63, 3.8) is 0 Å². The number of hydrogen-bond donors (Lipinski definition) is 8. The fraction of sp³-hybridized carbons (Fsp3) is 0.286. The molecule has 15 N–H and O–H groups in total. The molecule has 0 bridgehead atoms. The van der Waals surface area contributed by atoms with Crippen LogP contribution in [0.3, 0.4) is 0 Å². The number of ether oxygens (including phenoxy) is 1. The van der Waals surface area contributed by atoms with Gasteiger partial charge in [-0.3, -0.25) is 0 Å². The number of benzene rings is 4. The van der Waals surface area contributed by atoms with Crippen molar-refractivity contribution in [1.82, 2.24) is 39.9 Å². The lowest BCUT2D eigenvalue weighted by atomic mass is 10.0. The van der Waals surface area contributed by atoms with Gasteiger partial charge < -0.3 is 49.9 Å². The molecule has 19 heteroatoms. The number of nitrogen functional groups attached to an aromatic ring is 7. The monoisotopic (exact) mass is 1050 g/mol. The van der Waals surface area contributed by atoms with Gasteiger partial charge in [0.2, 0.25) is 17.8 Å². The molecule has 0 fully saturated rings. The van der Waals surface area contributed by atoms with Crippen LogP contribution in [-0.2, 0) is 25.7 Å². The maximum absolute atomic E-state index is 11.2. The average molecular weight is 1060 g/mol. The summed E-state index contributed by atoms with van der Waals surface area (Å²) < 4.78 is 5.17. The molecular formula is C56H69Cl2N15O2. The van der Waals surface area contributed by atoms with Crippen molar-refractivity contribution in [3.8, 4) is 50.3 Å². The highest BCUT2D eigenvalue weighted by atomic mass is 35.5. The lowest BCUT2D eigenvalue weighted by Gasteiger charge is -2.12. The molecule has 394 valence electrons. The van der Waals surface area contributed by atoms with Crippen LogP contribution in [0.4, 0.5) is 41.1 Å². The molecule has 0 aliphatic heterocycles. The maximum Gasteiger partial charge on any atom is 0.347 e. The lowest BCUT2D eigenvalue weighted by molar-refractivity contribution is 0.415. The zero-order chi connectivity index (χ0) is 54.6. The minimum Gasteiger partial charge on any atom is -0.497 e. The first-order valence-electron chi connectivity index (χ1n) is 24.9. The molecule has 75 heavy (non-hydrogen) atoms. The quantitative estimate of drug-likeness (QED) is 0.0473. The molecule has 0 unspecified atom stereocenters. The summed E-state index contributed by atoms with van der Waals surface area (Å²) in [4.78, 5) is 42.9. The molecule has 0 aliphatic carbocycles. The van der Waals surface area contributed by atoms with Crippen molar-refractivity contribution in [2.75, 3.05) is 47.2 Å². The molecule has 0 saturated heterocycles. The molecule has 0 atom stereocenters. The van der Waals surface area contributed by atoms with Crippen LogP contribution in [0.15, 0.2) is 102 Å². The molecule has 4 heterocycles. The highest BCUT2D eigenvalue weighted by molar-refractivity contribution is 6.31. The first kappa shape index (κ1) is 57.9. The number of methoxy groups -OCH3 is 1. The fourth-order valence-electron chi connectivity index (χ4n) is 8.00. The van der Waals surface area contributed by atoms with Gasteiger partial charge in [0.1, 0.15) is 29.0 Å². The smallest absolute Gasteiger partial charge is 0.347 e. The van der Waals surface area contributed by atoms with Crippen LogP contribution in [-0.4, -0.2) is 47.0 Å². The van der Waals surface area contributed by atoms with E-state index < -0.39 is 5.69 Å². The third-order valence-corrected chi connectivity index (χ3v) is 12.3. The van der Waals surface area contributed by atoms with Gasteiger partial charge in [-0.25, -0.2) is 19.7 Å².